The van der Waals surface area contributed by atoms with Crippen molar-refractivity contribution in [1.29, 1.82) is 5.26 Å². The molecule has 4 rings (SSSR count). The highest BCUT2D eigenvalue weighted by atomic mass is 19.1. The summed E-state index contributed by atoms with van der Waals surface area (Å²) in [6.07, 6.45) is 3.98. The van der Waals surface area contributed by atoms with Crippen LogP contribution in [-0.2, 0) is 4.74 Å². The van der Waals surface area contributed by atoms with Crippen molar-refractivity contribution < 1.29 is 9.13 Å². The molecule has 1 aliphatic carbocycles. The molecule has 1 saturated heterocycles. The lowest BCUT2D eigenvalue weighted by atomic mass is 9.86. The van der Waals surface area contributed by atoms with Crippen LogP contribution in [0.15, 0.2) is 12.1 Å². The number of rotatable bonds is 3. The van der Waals surface area contributed by atoms with Crippen LogP contribution in [-0.4, -0.2) is 18.2 Å². The number of fused-ring (bicyclic) bond motifs is 1. The number of nitrogens with zero attached hydrogens (tertiary/aromatic N) is 2. The summed E-state index contributed by atoms with van der Waals surface area (Å²) in [6, 6.07) is 4.97. The smallest absolute Gasteiger partial charge is 0.128 e. The average Bonchev–Trinajstić information content (AvgIpc) is 3.45. The maximum absolute atomic E-state index is 14.5. The van der Waals surface area contributed by atoms with E-state index in [0.717, 1.165) is 50.2 Å². The molecule has 1 aromatic heterocycles. The van der Waals surface area contributed by atoms with Gasteiger partial charge in [-0.3, -0.25) is 4.98 Å². The van der Waals surface area contributed by atoms with E-state index in [4.69, 9.17) is 15.5 Å². The maximum Gasteiger partial charge on any atom is 0.128 e. The number of hydrogen-bond acceptors (Lipinski definition) is 4. The van der Waals surface area contributed by atoms with E-state index in [1.807, 2.05) is 0 Å². The molecule has 0 radical (unpaired) electrons. The lowest BCUT2D eigenvalue weighted by Gasteiger charge is -2.25. The Bertz CT molecular complexity index is 862. The summed E-state index contributed by atoms with van der Waals surface area (Å²) in [7, 11) is 0. The fourth-order valence-corrected chi connectivity index (χ4v) is 4.02. The zero-order valence-electron chi connectivity index (χ0n) is 14.4. The maximum atomic E-state index is 14.5. The second-order valence-electron chi connectivity index (χ2n) is 7.20. The second kappa shape index (κ2) is 6.36. The first-order chi connectivity index (χ1) is 12.1. The van der Waals surface area contributed by atoms with Crippen LogP contribution in [0.2, 0.25) is 0 Å². The standard InChI is InChI=1S/C20H22FN3O/c1-11(23)17-15(21)4-5-16-19(17)14(10-22)18(12-2-3-12)20(24-16)13-6-8-25-9-7-13/h4-5,11-13H,2-3,6-9,23H2,1H3. The molecule has 0 amide bonds. The molecule has 0 spiro atoms. The van der Waals surface area contributed by atoms with Gasteiger partial charge in [0, 0.05) is 41.8 Å². The number of nitrogens with two attached hydrogens (primary N) is 1. The first-order valence-corrected chi connectivity index (χ1v) is 9.01. The Morgan fingerprint density at radius 3 is 2.56 bits per heavy atom. The van der Waals surface area contributed by atoms with Gasteiger partial charge in [0.2, 0.25) is 0 Å². The third kappa shape index (κ3) is 2.80. The Morgan fingerprint density at radius 2 is 1.96 bits per heavy atom. The third-order valence-electron chi connectivity index (χ3n) is 5.37. The number of aromatic nitrogens is 1. The SMILES string of the molecule is CC(N)c1c(F)ccc2nc(C3CCOCC3)c(C3CC3)c(C#N)c12. The van der Waals surface area contributed by atoms with Gasteiger partial charge in [-0.15, -0.1) is 0 Å². The Hall–Kier alpha value is -2.03. The van der Waals surface area contributed by atoms with E-state index in [1.54, 1.807) is 13.0 Å². The van der Waals surface area contributed by atoms with Gasteiger partial charge in [0.15, 0.2) is 0 Å². The van der Waals surface area contributed by atoms with Crippen LogP contribution in [0.1, 0.15) is 72.9 Å². The van der Waals surface area contributed by atoms with Crippen LogP contribution in [0.3, 0.4) is 0 Å². The number of pyridine rings is 1. The highest BCUT2D eigenvalue weighted by Gasteiger charge is 2.34. The van der Waals surface area contributed by atoms with Gasteiger partial charge >= 0.3 is 0 Å². The summed E-state index contributed by atoms with van der Waals surface area (Å²) in [5.41, 5.74) is 9.76. The molecule has 4 nitrogen and oxygen atoms in total. The number of hydrogen-bond donors (Lipinski definition) is 1. The van der Waals surface area contributed by atoms with Crippen molar-refractivity contribution in [2.24, 2.45) is 5.73 Å². The summed E-state index contributed by atoms with van der Waals surface area (Å²) in [4.78, 5) is 4.92. The highest BCUT2D eigenvalue weighted by molar-refractivity contribution is 5.90. The van der Waals surface area contributed by atoms with Gasteiger partial charge in [-0.2, -0.15) is 5.26 Å². The van der Waals surface area contributed by atoms with Crippen molar-refractivity contribution >= 4 is 10.9 Å². The number of halogens is 1. The summed E-state index contributed by atoms with van der Waals surface area (Å²) >= 11 is 0. The van der Waals surface area contributed by atoms with Gasteiger partial charge < -0.3 is 10.5 Å². The Kier molecular flexibility index (Phi) is 4.18. The number of benzene rings is 1. The Labute approximate surface area is 146 Å². The summed E-state index contributed by atoms with van der Waals surface area (Å²) in [6.45, 7) is 3.21. The summed E-state index contributed by atoms with van der Waals surface area (Å²) in [5.74, 6) is 0.319. The zero-order valence-corrected chi connectivity index (χ0v) is 14.4. The van der Waals surface area contributed by atoms with Crippen molar-refractivity contribution in [3.05, 3.63) is 40.3 Å². The molecule has 0 bridgehead atoms. The first-order valence-electron chi connectivity index (χ1n) is 9.01. The van der Waals surface area contributed by atoms with Gasteiger partial charge in [-0.25, -0.2) is 4.39 Å². The highest BCUT2D eigenvalue weighted by Crippen LogP contribution is 2.48. The van der Waals surface area contributed by atoms with Crippen LogP contribution in [0.25, 0.3) is 10.9 Å². The molecule has 1 aliphatic heterocycles. The van der Waals surface area contributed by atoms with Crippen molar-refractivity contribution in [3.8, 4) is 6.07 Å². The van der Waals surface area contributed by atoms with Gasteiger partial charge in [0.1, 0.15) is 11.9 Å². The molecule has 2 fully saturated rings. The van der Waals surface area contributed by atoms with Crippen molar-refractivity contribution in [2.45, 2.75) is 50.5 Å². The molecule has 130 valence electrons. The van der Waals surface area contributed by atoms with E-state index in [1.165, 1.54) is 6.07 Å². The van der Waals surface area contributed by atoms with Gasteiger partial charge in [0.25, 0.3) is 0 Å². The van der Waals surface area contributed by atoms with E-state index < -0.39 is 6.04 Å². The minimum absolute atomic E-state index is 0.310. The molecular weight excluding hydrogens is 317 g/mol. The van der Waals surface area contributed by atoms with E-state index in [9.17, 15) is 9.65 Å². The van der Waals surface area contributed by atoms with Gasteiger partial charge in [0.05, 0.1) is 11.1 Å². The molecule has 5 heteroatoms. The van der Waals surface area contributed by atoms with Crippen LogP contribution >= 0.6 is 0 Å². The molecule has 1 unspecified atom stereocenters. The molecule has 25 heavy (non-hydrogen) atoms. The summed E-state index contributed by atoms with van der Waals surface area (Å²) < 4.78 is 19.9. The largest absolute Gasteiger partial charge is 0.381 e. The van der Waals surface area contributed by atoms with Gasteiger partial charge in [-0.1, -0.05) is 0 Å². The molecule has 2 N–H and O–H groups in total. The minimum atomic E-state index is -0.487. The van der Waals surface area contributed by atoms with E-state index in [-0.39, 0.29) is 5.82 Å². The van der Waals surface area contributed by atoms with Crippen molar-refractivity contribution in [3.63, 3.8) is 0 Å². The predicted molar refractivity (Wildman–Crippen MR) is 93.8 cm³/mol. The zero-order chi connectivity index (χ0) is 17.6. The lowest BCUT2D eigenvalue weighted by Crippen LogP contribution is -2.18. The molecule has 1 aromatic carbocycles. The molecule has 1 atom stereocenters. The molecule has 2 aromatic rings. The number of nitriles is 1. The van der Waals surface area contributed by atoms with Crippen LogP contribution < -0.4 is 5.73 Å². The fourth-order valence-electron chi connectivity index (χ4n) is 4.02. The van der Waals surface area contributed by atoms with Crippen molar-refractivity contribution in [1.82, 2.24) is 4.98 Å². The topological polar surface area (TPSA) is 71.9 Å². The number of ether oxygens (including phenoxy) is 1. The second-order valence-corrected chi connectivity index (χ2v) is 7.20. The van der Waals surface area contributed by atoms with E-state index >= 15 is 0 Å². The molecule has 2 heterocycles. The first kappa shape index (κ1) is 16.4. The third-order valence-corrected chi connectivity index (χ3v) is 5.37. The predicted octanol–water partition coefficient (Wildman–Crippen LogP) is 4.04. The Morgan fingerprint density at radius 1 is 1.24 bits per heavy atom. The van der Waals surface area contributed by atoms with Gasteiger partial charge in [-0.05, 0) is 56.2 Å². The van der Waals surface area contributed by atoms with Crippen LogP contribution in [0.5, 0.6) is 0 Å². The van der Waals surface area contributed by atoms with Crippen LogP contribution in [0, 0.1) is 17.1 Å². The fraction of sp³-hybridized carbons (Fsp3) is 0.500. The van der Waals surface area contributed by atoms with E-state index in [2.05, 4.69) is 6.07 Å². The van der Waals surface area contributed by atoms with Crippen molar-refractivity contribution in [2.75, 3.05) is 13.2 Å². The molecular formula is C20H22FN3O. The average molecular weight is 339 g/mol. The lowest BCUT2D eigenvalue weighted by molar-refractivity contribution is 0.0844. The monoisotopic (exact) mass is 339 g/mol. The molecule has 2 aliphatic rings. The Balaban J connectivity index is 2.03. The van der Waals surface area contributed by atoms with E-state index in [0.29, 0.717) is 33.9 Å². The normalized spacial score (nSPS) is 19.8. The summed E-state index contributed by atoms with van der Waals surface area (Å²) in [5, 5.41) is 10.6. The minimum Gasteiger partial charge on any atom is -0.381 e. The van der Waals surface area contributed by atoms with Crippen LogP contribution in [0.4, 0.5) is 4.39 Å². The quantitative estimate of drug-likeness (QED) is 0.916. The molecule has 1 saturated carbocycles.